The first-order valence-electron chi connectivity index (χ1n) is 7.44. The fourth-order valence-electron chi connectivity index (χ4n) is 2.59. The highest BCUT2D eigenvalue weighted by Crippen LogP contribution is 2.18. The standard InChI is InChI=1S/C16H27N3O/c1-14-12-15(4-5-16(14)20-3)13-17-6-7-19-10-8-18(2)9-11-19/h4-5,12,17H,6-11,13H2,1-3H3. The van der Waals surface area contributed by atoms with Crippen LogP contribution in [0.25, 0.3) is 0 Å². The second kappa shape index (κ2) is 7.62. The summed E-state index contributed by atoms with van der Waals surface area (Å²) in [6.45, 7) is 9.98. The van der Waals surface area contributed by atoms with Crippen molar-refractivity contribution in [3.05, 3.63) is 29.3 Å². The summed E-state index contributed by atoms with van der Waals surface area (Å²) in [5.41, 5.74) is 2.52. The Bertz CT molecular complexity index is 414. The van der Waals surface area contributed by atoms with Crippen LogP contribution in [0.5, 0.6) is 5.75 Å². The van der Waals surface area contributed by atoms with Gasteiger partial charge in [-0.3, -0.25) is 4.90 Å². The van der Waals surface area contributed by atoms with Crippen molar-refractivity contribution in [2.75, 3.05) is 53.4 Å². The molecule has 1 aliphatic rings. The average molecular weight is 277 g/mol. The van der Waals surface area contributed by atoms with Crippen LogP contribution in [0, 0.1) is 6.92 Å². The Kier molecular flexibility index (Phi) is 5.83. The number of methoxy groups -OCH3 is 1. The van der Waals surface area contributed by atoms with Gasteiger partial charge in [-0.2, -0.15) is 0 Å². The highest BCUT2D eigenvalue weighted by Gasteiger charge is 2.12. The molecular formula is C16H27N3O. The van der Waals surface area contributed by atoms with Crippen molar-refractivity contribution in [1.82, 2.24) is 15.1 Å². The molecule has 0 unspecified atom stereocenters. The highest BCUT2D eigenvalue weighted by atomic mass is 16.5. The van der Waals surface area contributed by atoms with Crippen LogP contribution in [0.3, 0.4) is 0 Å². The number of piperazine rings is 1. The van der Waals surface area contributed by atoms with E-state index in [1.807, 2.05) is 6.07 Å². The molecule has 0 aliphatic carbocycles. The molecule has 1 fully saturated rings. The molecule has 20 heavy (non-hydrogen) atoms. The van der Waals surface area contributed by atoms with Crippen LogP contribution >= 0.6 is 0 Å². The largest absolute Gasteiger partial charge is 0.496 e. The number of ether oxygens (including phenoxy) is 1. The molecule has 0 spiro atoms. The molecule has 0 amide bonds. The molecule has 0 atom stereocenters. The quantitative estimate of drug-likeness (QED) is 0.794. The van der Waals surface area contributed by atoms with Crippen LogP contribution in [-0.4, -0.2) is 63.2 Å². The first-order valence-corrected chi connectivity index (χ1v) is 7.44. The first-order chi connectivity index (χ1) is 9.69. The zero-order valence-corrected chi connectivity index (χ0v) is 13.0. The normalized spacial score (nSPS) is 17.4. The topological polar surface area (TPSA) is 27.7 Å². The minimum atomic E-state index is 0.929. The Morgan fingerprint density at radius 1 is 1.20 bits per heavy atom. The van der Waals surface area contributed by atoms with Gasteiger partial charge in [-0.25, -0.2) is 0 Å². The number of nitrogens with zero attached hydrogens (tertiary/aromatic N) is 2. The highest BCUT2D eigenvalue weighted by molar-refractivity contribution is 5.36. The molecule has 1 N–H and O–H groups in total. The van der Waals surface area contributed by atoms with Gasteiger partial charge in [-0.05, 0) is 31.2 Å². The number of rotatable bonds is 6. The van der Waals surface area contributed by atoms with Crippen LogP contribution in [-0.2, 0) is 6.54 Å². The lowest BCUT2D eigenvalue weighted by atomic mass is 10.1. The summed E-state index contributed by atoms with van der Waals surface area (Å²) in [6, 6.07) is 6.38. The number of nitrogens with one attached hydrogen (secondary N) is 1. The Balaban J connectivity index is 1.67. The second-order valence-corrected chi connectivity index (χ2v) is 5.63. The maximum atomic E-state index is 5.28. The van der Waals surface area contributed by atoms with Gasteiger partial charge in [0.2, 0.25) is 0 Å². The third-order valence-corrected chi connectivity index (χ3v) is 3.99. The second-order valence-electron chi connectivity index (χ2n) is 5.63. The molecule has 1 heterocycles. The minimum Gasteiger partial charge on any atom is -0.496 e. The average Bonchev–Trinajstić information content (AvgIpc) is 2.46. The minimum absolute atomic E-state index is 0.929. The summed E-state index contributed by atoms with van der Waals surface area (Å²) in [6.07, 6.45) is 0. The zero-order valence-electron chi connectivity index (χ0n) is 13.0. The van der Waals surface area contributed by atoms with Crippen molar-refractivity contribution in [2.45, 2.75) is 13.5 Å². The van der Waals surface area contributed by atoms with E-state index in [0.29, 0.717) is 0 Å². The van der Waals surface area contributed by atoms with Crippen molar-refractivity contribution in [3.63, 3.8) is 0 Å². The maximum Gasteiger partial charge on any atom is 0.121 e. The molecular weight excluding hydrogens is 250 g/mol. The molecule has 1 aromatic rings. The summed E-state index contributed by atoms with van der Waals surface area (Å²) in [4.78, 5) is 4.93. The monoisotopic (exact) mass is 277 g/mol. The van der Waals surface area contributed by atoms with Crippen molar-refractivity contribution in [1.29, 1.82) is 0 Å². The predicted octanol–water partition coefficient (Wildman–Crippen LogP) is 1.34. The SMILES string of the molecule is COc1ccc(CNCCN2CCN(C)CC2)cc1C. The van der Waals surface area contributed by atoms with Gasteiger partial charge in [0.15, 0.2) is 0 Å². The lowest BCUT2D eigenvalue weighted by molar-refractivity contribution is 0.154. The molecule has 0 bridgehead atoms. The van der Waals surface area contributed by atoms with Crippen molar-refractivity contribution >= 4 is 0 Å². The Labute approximate surface area is 122 Å². The van der Waals surface area contributed by atoms with Crippen molar-refractivity contribution in [2.24, 2.45) is 0 Å². The van der Waals surface area contributed by atoms with Gasteiger partial charge in [0.25, 0.3) is 0 Å². The number of aryl methyl sites for hydroxylation is 1. The van der Waals surface area contributed by atoms with Gasteiger partial charge in [0, 0.05) is 45.8 Å². The number of likely N-dealkylation sites (N-methyl/N-ethyl adjacent to an activating group) is 1. The molecule has 4 nitrogen and oxygen atoms in total. The Hall–Kier alpha value is -1.10. The third-order valence-electron chi connectivity index (χ3n) is 3.99. The molecule has 1 aromatic carbocycles. The molecule has 4 heteroatoms. The number of benzene rings is 1. The summed E-state index contributed by atoms with van der Waals surface area (Å²) < 4.78 is 5.28. The lowest BCUT2D eigenvalue weighted by Gasteiger charge is -2.32. The fraction of sp³-hybridized carbons (Fsp3) is 0.625. The van der Waals surface area contributed by atoms with Gasteiger partial charge >= 0.3 is 0 Å². The molecule has 1 saturated heterocycles. The first kappa shape index (κ1) is 15.3. The van der Waals surface area contributed by atoms with Crippen LogP contribution < -0.4 is 10.1 Å². The molecule has 1 aliphatic heterocycles. The number of hydrogen-bond acceptors (Lipinski definition) is 4. The van der Waals surface area contributed by atoms with E-state index in [1.54, 1.807) is 7.11 Å². The van der Waals surface area contributed by atoms with Gasteiger partial charge in [-0.1, -0.05) is 12.1 Å². The Morgan fingerprint density at radius 2 is 1.95 bits per heavy atom. The van der Waals surface area contributed by atoms with Crippen LogP contribution in [0.15, 0.2) is 18.2 Å². The van der Waals surface area contributed by atoms with Crippen LogP contribution in [0.1, 0.15) is 11.1 Å². The van der Waals surface area contributed by atoms with Gasteiger partial charge in [0.1, 0.15) is 5.75 Å². The molecule has 0 radical (unpaired) electrons. The van der Waals surface area contributed by atoms with Crippen molar-refractivity contribution < 1.29 is 4.74 Å². The number of hydrogen-bond donors (Lipinski definition) is 1. The summed E-state index contributed by atoms with van der Waals surface area (Å²) >= 11 is 0. The van der Waals surface area contributed by atoms with E-state index in [0.717, 1.165) is 25.4 Å². The molecule has 2 rings (SSSR count). The summed E-state index contributed by atoms with van der Waals surface area (Å²) in [5, 5.41) is 3.53. The van der Waals surface area contributed by atoms with E-state index in [-0.39, 0.29) is 0 Å². The van der Waals surface area contributed by atoms with E-state index < -0.39 is 0 Å². The lowest BCUT2D eigenvalue weighted by Crippen LogP contribution is -2.46. The smallest absolute Gasteiger partial charge is 0.121 e. The van der Waals surface area contributed by atoms with E-state index in [1.165, 1.54) is 37.3 Å². The van der Waals surface area contributed by atoms with E-state index >= 15 is 0 Å². The van der Waals surface area contributed by atoms with E-state index in [2.05, 4.69) is 41.2 Å². The maximum absolute atomic E-state index is 5.28. The molecule has 0 aromatic heterocycles. The Morgan fingerprint density at radius 3 is 2.60 bits per heavy atom. The zero-order chi connectivity index (χ0) is 14.4. The fourth-order valence-corrected chi connectivity index (χ4v) is 2.59. The third kappa shape index (κ3) is 4.47. The molecule has 0 saturated carbocycles. The van der Waals surface area contributed by atoms with Gasteiger partial charge < -0.3 is 15.0 Å². The molecule has 112 valence electrons. The van der Waals surface area contributed by atoms with Gasteiger partial charge in [0.05, 0.1) is 7.11 Å². The van der Waals surface area contributed by atoms with Gasteiger partial charge in [-0.15, -0.1) is 0 Å². The van der Waals surface area contributed by atoms with Crippen molar-refractivity contribution in [3.8, 4) is 5.75 Å². The summed E-state index contributed by atoms with van der Waals surface area (Å²) in [7, 11) is 3.91. The summed E-state index contributed by atoms with van der Waals surface area (Å²) in [5.74, 6) is 0.964. The van der Waals surface area contributed by atoms with E-state index in [4.69, 9.17) is 4.74 Å². The van der Waals surface area contributed by atoms with E-state index in [9.17, 15) is 0 Å². The predicted molar refractivity (Wildman–Crippen MR) is 83.4 cm³/mol. The van der Waals surface area contributed by atoms with Crippen LogP contribution in [0.4, 0.5) is 0 Å². The van der Waals surface area contributed by atoms with Crippen LogP contribution in [0.2, 0.25) is 0 Å².